The van der Waals surface area contributed by atoms with Gasteiger partial charge in [0.1, 0.15) is 0 Å². The third kappa shape index (κ3) is 7.58. The molecule has 0 aromatic carbocycles. The standard InChI is InChI=1S/C15H33N3O2S/c1-14(2)17(3)10-6-5-9-16-12-15-8-7-11-18(13-15)21(4,19)20/h14-16H,5-13H2,1-4H3. The van der Waals surface area contributed by atoms with E-state index in [0.29, 0.717) is 25.0 Å². The summed E-state index contributed by atoms with van der Waals surface area (Å²) in [6, 6.07) is 0.613. The second-order valence-corrected chi connectivity index (χ2v) is 8.60. The quantitative estimate of drug-likeness (QED) is 0.652. The first kappa shape index (κ1) is 18.9. The van der Waals surface area contributed by atoms with E-state index < -0.39 is 10.0 Å². The van der Waals surface area contributed by atoms with Crippen LogP contribution >= 0.6 is 0 Å². The Balaban J connectivity index is 2.10. The monoisotopic (exact) mass is 319 g/mol. The van der Waals surface area contributed by atoms with Gasteiger partial charge in [-0.3, -0.25) is 0 Å². The second kappa shape index (κ2) is 9.08. The molecule has 0 aromatic heterocycles. The molecule has 126 valence electrons. The lowest BCUT2D eigenvalue weighted by Gasteiger charge is -2.31. The van der Waals surface area contributed by atoms with Crippen LogP contribution in [0.1, 0.15) is 39.5 Å². The normalized spacial score (nSPS) is 21.3. The first-order chi connectivity index (χ1) is 9.80. The molecule has 1 heterocycles. The fourth-order valence-electron chi connectivity index (χ4n) is 2.67. The summed E-state index contributed by atoms with van der Waals surface area (Å²) in [5.41, 5.74) is 0. The van der Waals surface area contributed by atoms with Crippen molar-refractivity contribution in [2.45, 2.75) is 45.6 Å². The van der Waals surface area contributed by atoms with Crippen LogP contribution < -0.4 is 5.32 Å². The molecule has 21 heavy (non-hydrogen) atoms. The summed E-state index contributed by atoms with van der Waals surface area (Å²) >= 11 is 0. The van der Waals surface area contributed by atoms with Crippen molar-refractivity contribution in [2.75, 3.05) is 46.0 Å². The molecule has 0 aliphatic carbocycles. The predicted octanol–water partition coefficient (Wildman–Crippen LogP) is 1.37. The highest BCUT2D eigenvalue weighted by Gasteiger charge is 2.25. The van der Waals surface area contributed by atoms with Crippen molar-refractivity contribution >= 4 is 10.0 Å². The highest BCUT2D eigenvalue weighted by molar-refractivity contribution is 7.88. The van der Waals surface area contributed by atoms with Crippen LogP contribution in [0.4, 0.5) is 0 Å². The van der Waals surface area contributed by atoms with Gasteiger partial charge in [-0.05, 0) is 72.1 Å². The molecular weight excluding hydrogens is 286 g/mol. The molecular formula is C15H33N3O2S. The molecule has 1 aliphatic heterocycles. The van der Waals surface area contributed by atoms with Crippen molar-refractivity contribution in [3.05, 3.63) is 0 Å². The molecule has 1 aliphatic rings. The van der Waals surface area contributed by atoms with Crippen molar-refractivity contribution in [1.29, 1.82) is 0 Å². The van der Waals surface area contributed by atoms with Crippen molar-refractivity contribution < 1.29 is 8.42 Å². The van der Waals surface area contributed by atoms with E-state index in [0.717, 1.165) is 32.5 Å². The van der Waals surface area contributed by atoms with E-state index in [1.807, 2.05) is 0 Å². The summed E-state index contributed by atoms with van der Waals surface area (Å²) < 4.78 is 24.8. The summed E-state index contributed by atoms with van der Waals surface area (Å²) in [5, 5.41) is 3.49. The van der Waals surface area contributed by atoms with E-state index in [2.05, 4.69) is 31.1 Å². The summed E-state index contributed by atoms with van der Waals surface area (Å²) in [6.07, 6.45) is 5.82. The maximum Gasteiger partial charge on any atom is 0.211 e. The zero-order valence-corrected chi connectivity index (χ0v) is 15.0. The topological polar surface area (TPSA) is 52.6 Å². The van der Waals surface area contributed by atoms with Crippen molar-refractivity contribution in [1.82, 2.24) is 14.5 Å². The molecule has 1 atom stereocenters. The van der Waals surface area contributed by atoms with Crippen LogP contribution in [0, 0.1) is 5.92 Å². The van der Waals surface area contributed by atoms with E-state index in [-0.39, 0.29) is 0 Å². The Morgan fingerprint density at radius 1 is 1.33 bits per heavy atom. The predicted molar refractivity (Wildman–Crippen MR) is 89.0 cm³/mol. The number of nitrogens with one attached hydrogen (secondary N) is 1. The van der Waals surface area contributed by atoms with Gasteiger partial charge in [-0.25, -0.2) is 12.7 Å². The van der Waals surface area contributed by atoms with Crippen LogP contribution in [-0.2, 0) is 10.0 Å². The fraction of sp³-hybridized carbons (Fsp3) is 1.00. The van der Waals surface area contributed by atoms with Gasteiger partial charge in [-0.15, -0.1) is 0 Å². The first-order valence-corrected chi connectivity index (χ1v) is 10.0. The molecule has 0 radical (unpaired) electrons. The Hall–Kier alpha value is -0.170. The van der Waals surface area contributed by atoms with E-state index in [4.69, 9.17) is 0 Å². The zero-order chi connectivity index (χ0) is 15.9. The summed E-state index contributed by atoms with van der Waals surface area (Å²) in [7, 11) is -0.849. The van der Waals surface area contributed by atoms with Crippen LogP contribution in [0.15, 0.2) is 0 Å². The SMILES string of the molecule is CC(C)N(C)CCCCNCC1CCCN(S(C)(=O)=O)C1. The zero-order valence-electron chi connectivity index (χ0n) is 14.1. The molecule has 0 bridgehead atoms. The number of hydrogen-bond donors (Lipinski definition) is 1. The van der Waals surface area contributed by atoms with Crippen LogP contribution in [0.5, 0.6) is 0 Å². The lowest BCUT2D eigenvalue weighted by molar-refractivity contribution is 0.256. The Kier molecular flexibility index (Phi) is 8.16. The minimum atomic E-state index is -3.02. The lowest BCUT2D eigenvalue weighted by Crippen LogP contribution is -2.42. The number of nitrogens with zero attached hydrogens (tertiary/aromatic N) is 2. The average molecular weight is 320 g/mol. The van der Waals surface area contributed by atoms with Gasteiger partial charge in [0.2, 0.25) is 10.0 Å². The summed E-state index contributed by atoms with van der Waals surface area (Å²) in [4.78, 5) is 2.37. The van der Waals surface area contributed by atoms with Gasteiger partial charge in [0.25, 0.3) is 0 Å². The van der Waals surface area contributed by atoms with Gasteiger partial charge in [-0.2, -0.15) is 0 Å². The van der Waals surface area contributed by atoms with E-state index in [1.165, 1.54) is 19.1 Å². The number of unbranched alkanes of at least 4 members (excludes halogenated alkanes) is 1. The average Bonchev–Trinajstić information content (AvgIpc) is 2.41. The Labute approximate surface area is 131 Å². The molecule has 1 unspecified atom stereocenters. The van der Waals surface area contributed by atoms with Crippen LogP contribution in [0.3, 0.4) is 0 Å². The summed E-state index contributed by atoms with van der Waals surface area (Å²) in [6.45, 7) is 8.92. The fourth-order valence-corrected chi connectivity index (χ4v) is 3.61. The van der Waals surface area contributed by atoms with E-state index in [1.54, 1.807) is 4.31 Å². The van der Waals surface area contributed by atoms with Crippen LogP contribution in [-0.4, -0.2) is 69.7 Å². The smallest absolute Gasteiger partial charge is 0.211 e. The third-order valence-electron chi connectivity index (χ3n) is 4.38. The molecule has 6 heteroatoms. The largest absolute Gasteiger partial charge is 0.316 e. The minimum Gasteiger partial charge on any atom is -0.316 e. The molecule has 0 amide bonds. The highest BCUT2D eigenvalue weighted by Crippen LogP contribution is 2.17. The number of piperidine rings is 1. The molecule has 1 rings (SSSR count). The Morgan fingerprint density at radius 3 is 2.67 bits per heavy atom. The Bertz CT molecular complexity index is 384. The number of hydrogen-bond acceptors (Lipinski definition) is 4. The molecule has 1 N–H and O–H groups in total. The molecule has 0 saturated carbocycles. The maximum atomic E-state index is 11.6. The van der Waals surface area contributed by atoms with Crippen molar-refractivity contribution in [2.24, 2.45) is 5.92 Å². The van der Waals surface area contributed by atoms with Crippen molar-refractivity contribution in [3.8, 4) is 0 Å². The van der Waals surface area contributed by atoms with Gasteiger partial charge in [0, 0.05) is 19.1 Å². The highest BCUT2D eigenvalue weighted by atomic mass is 32.2. The van der Waals surface area contributed by atoms with Crippen LogP contribution in [0.25, 0.3) is 0 Å². The van der Waals surface area contributed by atoms with Gasteiger partial charge in [-0.1, -0.05) is 0 Å². The Morgan fingerprint density at radius 2 is 2.05 bits per heavy atom. The molecule has 5 nitrogen and oxygen atoms in total. The first-order valence-electron chi connectivity index (χ1n) is 8.16. The van der Waals surface area contributed by atoms with Crippen LogP contribution in [0.2, 0.25) is 0 Å². The third-order valence-corrected chi connectivity index (χ3v) is 5.65. The summed E-state index contributed by atoms with van der Waals surface area (Å²) in [5.74, 6) is 0.465. The molecule has 0 aromatic rings. The minimum absolute atomic E-state index is 0.465. The number of rotatable bonds is 9. The van der Waals surface area contributed by atoms with Gasteiger partial charge in [0.05, 0.1) is 6.26 Å². The van der Waals surface area contributed by atoms with Gasteiger partial charge in [0.15, 0.2) is 0 Å². The molecule has 1 fully saturated rings. The van der Waals surface area contributed by atoms with Gasteiger partial charge < -0.3 is 10.2 Å². The van der Waals surface area contributed by atoms with E-state index in [9.17, 15) is 8.42 Å². The van der Waals surface area contributed by atoms with Crippen molar-refractivity contribution in [3.63, 3.8) is 0 Å². The lowest BCUT2D eigenvalue weighted by atomic mass is 10.00. The molecule has 0 spiro atoms. The van der Waals surface area contributed by atoms with E-state index >= 15 is 0 Å². The molecule has 1 saturated heterocycles. The van der Waals surface area contributed by atoms with Gasteiger partial charge >= 0.3 is 0 Å². The number of sulfonamides is 1. The maximum absolute atomic E-state index is 11.6. The second-order valence-electron chi connectivity index (χ2n) is 6.61.